The summed E-state index contributed by atoms with van der Waals surface area (Å²) in [6.45, 7) is 4.39. The molecule has 0 unspecified atom stereocenters. The van der Waals surface area contributed by atoms with Crippen LogP contribution in [0.25, 0.3) is 0 Å². The maximum atomic E-state index is 14.8. The highest BCUT2D eigenvalue weighted by Gasteiger charge is 2.36. The highest BCUT2D eigenvalue weighted by Crippen LogP contribution is 2.23. The Kier molecular flexibility index (Phi) is 10.2. The van der Waals surface area contributed by atoms with Crippen LogP contribution in [0.3, 0.4) is 0 Å². The largest absolute Gasteiger partial charge is 0.350 e. The van der Waals surface area contributed by atoms with Crippen LogP contribution in [0.5, 0.6) is 0 Å². The van der Waals surface area contributed by atoms with Crippen molar-refractivity contribution in [1.82, 2.24) is 14.5 Å². The maximum absolute atomic E-state index is 14.8. The lowest BCUT2D eigenvalue weighted by atomic mass is 10.0. The third-order valence-corrected chi connectivity index (χ3v) is 8.02. The molecule has 3 rings (SSSR count). The minimum Gasteiger partial charge on any atom is -0.350 e. The normalized spacial score (nSPS) is 12.6. The molecule has 11 heteroatoms. The Morgan fingerprint density at radius 2 is 1.46 bits per heavy atom. The van der Waals surface area contributed by atoms with Gasteiger partial charge in [-0.1, -0.05) is 48.5 Å². The van der Waals surface area contributed by atoms with Crippen molar-refractivity contribution < 1.29 is 26.8 Å². The monoisotopic (exact) mass is 586 g/mol. The number of hydrogen-bond donors (Lipinski definition) is 1. The molecular weight excluding hydrogens is 550 g/mol. The number of rotatable bonds is 11. The minimum atomic E-state index is -4.23. The van der Waals surface area contributed by atoms with Crippen LogP contribution in [0.1, 0.15) is 31.9 Å². The van der Waals surface area contributed by atoms with E-state index in [1.165, 1.54) is 49.3 Å². The zero-order valence-electron chi connectivity index (χ0n) is 23.8. The van der Waals surface area contributed by atoms with Crippen LogP contribution in [0.2, 0.25) is 0 Å². The van der Waals surface area contributed by atoms with E-state index in [-0.39, 0.29) is 24.2 Å². The number of nitrogens with zero attached hydrogens (tertiary/aromatic N) is 3. The van der Waals surface area contributed by atoms with Crippen LogP contribution in [0, 0.1) is 11.6 Å². The molecule has 220 valence electrons. The summed E-state index contributed by atoms with van der Waals surface area (Å²) in [4.78, 5) is 29.0. The van der Waals surface area contributed by atoms with Gasteiger partial charge in [-0.25, -0.2) is 13.1 Å². The summed E-state index contributed by atoms with van der Waals surface area (Å²) in [6, 6.07) is 18.5. The summed E-state index contributed by atoms with van der Waals surface area (Å²) in [5, 5.41) is 2.91. The first-order chi connectivity index (χ1) is 19.2. The molecule has 1 atom stereocenters. The van der Waals surface area contributed by atoms with Crippen molar-refractivity contribution >= 4 is 27.7 Å². The van der Waals surface area contributed by atoms with E-state index in [2.05, 4.69) is 5.32 Å². The Morgan fingerprint density at radius 1 is 0.878 bits per heavy atom. The molecule has 0 saturated heterocycles. The fourth-order valence-electron chi connectivity index (χ4n) is 4.14. The third kappa shape index (κ3) is 8.58. The lowest BCUT2D eigenvalue weighted by molar-refractivity contribution is -0.140. The summed E-state index contributed by atoms with van der Waals surface area (Å²) >= 11 is 0. The molecule has 0 heterocycles. The quantitative estimate of drug-likeness (QED) is 0.366. The van der Waals surface area contributed by atoms with Crippen LogP contribution in [0.4, 0.5) is 14.5 Å². The van der Waals surface area contributed by atoms with Crippen molar-refractivity contribution in [2.45, 2.75) is 45.3 Å². The van der Waals surface area contributed by atoms with Crippen LogP contribution in [0.15, 0.2) is 78.9 Å². The summed E-state index contributed by atoms with van der Waals surface area (Å²) in [5.41, 5.74) is 0.321. The third-order valence-electron chi connectivity index (χ3n) is 6.20. The van der Waals surface area contributed by atoms with E-state index in [1.54, 1.807) is 39.0 Å². The van der Waals surface area contributed by atoms with Crippen molar-refractivity contribution in [3.8, 4) is 0 Å². The number of hydrogen-bond acceptors (Lipinski definition) is 4. The molecule has 1 N–H and O–H groups in total. The molecule has 0 aliphatic heterocycles. The van der Waals surface area contributed by atoms with Crippen molar-refractivity contribution in [3.63, 3.8) is 0 Å². The molecule has 0 spiro atoms. The van der Waals surface area contributed by atoms with Gasteiger partial charge in [-0.2, -0.15) is 12.7 Å². The van der Waals surface area contributed by atoms with E-state index in [1.807, 2.05) is 18.2 Å². The van der Waals surface area contributed by atoms with Gasteiger partial charge in [0.25, 0.3) is 0 Å². The number of amides is 2. The zero-order valence-corrected chi connectivity index (χ0v) is 24.7. The topological polar surface area (TPSA) is 90.0 Å². The summed E-state index contributed by atoms with van der Waals surface area (Å²) in [6.07, 6.45) is 0.0971. The lowest BCUT2D eigenvalue weighted by Gasteiger charge is -2.35. The van der Waals surface area contributed by atoms with Gasteiger partial charge in [-0.05, 0) is 56.7 Å². The Bertz CT molecular complexity index is 1440. The number of anilines is 1. The van der Waals surface area contributed by atoms with Crippen molar-refractivity contribution in [2.24, 2.45) is 0 Å². The van der Waals surface area contributed by atoms with Crippen molar-refractivity contribution in [3.05, 3.63) is 102 Å². The van der Waals surface area contributed by atoms with E-state index in [4.69, 9.17) is 0 Å². The predicted molar refractivity (Wildman–Crippen MR) is 155 cm³/mol. The Balaban J connectivity index is 2.12. The van der Waals surface area contributed by atoms with Gasteiger partial charge in [0.15, 0.2) is 0 Å². The standard InChI is InChI=1S/C30H36F2N4O4S/c1-30(2,3)33-29(38)27(19-22-11-7-6-8-12-22)35(20-23-13-9-10-14-26(23)32)28(37)21-36(41(39,40)34(4)5)25-17-15-24(31)16-18-25/h6-18,27H,19-21H2,1-5H3,(H,33,38)/t27-/m0/s1. The number of carbonyl (C=O) groups is 2. The summed E-state index contributed by atoms with van der Waals surface area (Å²) in [7, 11) is -1.61. The fraction of sp³-hybridized carbons (Fsp3) is 0.333. The highest BCUT2D eigenvalue weighted by atomic mass is 32.2. The molecule has 0 aromatic heterocycles. The molecule has 0 aliphatic carbocycles. The lowest BCUT2D eigenvalue weighted by Crippen LogP contribution is -2.56. The number of carbonyl (C=O) groups excluding carboxylic acids is 2. The second-order valence-electron chi connectivity index (χ2n) is 10.8. The molecule has 3 aromatic carbocycles. The highest BCUT2D eigenvalue weighted by molar-refractivity contribution is 7.90. The van der Waals surface area contributed by atoms with E-state index < -0.39 is 51.8 Å². The summed E-state index contributed by atoms with van der Waals surface area (Å²) < 4.78 is 56.9. The first-order valence-electron chi connectivity index (χ1n) is 13.0. The molecular formula is C30H36F2N4O4S. The van der Waals surface area contributed by atoms with Crippen LogP contribution in [-0.2, 0) is 32.8 Å². The average molecular weight is 587 g/mol. The second kappa shape index (κ2) is 13.2. The molecule has 0 saturated carbocycles. The fourth-order valence-corrected chi connectivity index (χ4v) is 5.20. The first kappa shape index (κ1) is 31.7. The molecule has 8 nitrogen and oxygen atoms in total. The molecule has 0 fully saturated rings. The van der Waals surface area contributed by atoms with Crippen molar-refractivity contribution in [1.29, 1.82) is 0 Å². The number of halogens is 2. The molecule has 41 heavy (non-hydrogen) atoms. The SMILES string of the molecule is CN(C)S(=O)(=O)N(CC(=O)N(Cc1ccccc1F)[C@@H](Cc1ccccc1)C(=O)NC(C)(C)C)c1ccc(F)cc1. The smallest absolute Gasteiger partial charge is 0.304 e. The molecule has 2 amide bonds. The van der Waals surface area contributed by atoms with Gasteiger partial charge in [-0.3, -0.25) is 9.59 Å². The van der Waals surface area contributed by atoms with Gasteiger partial charge < -0.3 is 10.2 Å². The van der Waals surface area contributed by atoms with Gasteiger partial charge in [0.2, 0.25) is 11.8 Å². The maximum Gasteiger partial charge on any atom is 0.304 e. The van der Waals surface area contributed by atoms with Crippen LogP contribution >= 0.6 is 0 Å². The zero-order chi connectivity index (χ0) is 30.4. The van der Waals surface area contributed by atoms with Crippen LogP contribution in [-0.4, -0.2) is 61.7 Å². The van der Waals surface area contributed by atoms with E-state index in [0.717, 1.165) is 26.3 Å². The first-order valence-corrected chi connectivity index (χ1v) is 14.4. The van der Waals surface area contributed by atoms with E-state index in [9.17, 15) is 26.8 Å². The molecule has 0 bridgehead atoms. The Morgan fingerprint density at radius 3 is 2.02 bits per heavy atom. The van der Waals surface area contributed by atoms with Gasteiger partial charge in [0, 0.05) is 38.2 Å². The Hall–Kier alpha value is -3.83. The van der Waals surface area contributed by atoms with E-state index in [0.29, 0.717) is 0 Å². The van der Waals surface area contributed by atoms with Crippen molar-refractivity contribution in [2.75, 3.05) is 24.9 Å². The Labute approximate surface area is 240 Å². The summed E-state index contributed by atoms with van der Waals surface area (Å²) in [5.74, 6) is -2.37. The minimum absolute atomic E-state index is 0.0537. The predicted octanol–water partition coefficient (Wildman–Crippen LogP) is 4.13. The molecule has 0 aliphatic rings. The van der Waals surface area contributed by atoms with E-state index >= 15 is 0 Å². The van der Waals surface area contributed by atoms with Gasteiger partial charge in [-0.15, -0.1) is 0 Å². The van der Waals surface area contributed by atoms with Gasteiger partial charge in [0.05, 0.1) is 5.69 Å². The molecule has 0 radical (unpaired) electrons. The number of nitrogens with one attached hydrogen (secondary N) is 1. The van der Waals surface area contributed by atoms with Gasteiger partial charge in [0.1, 0.15) is 24.2 Å². The van der Waals surface area contributed by atoms with Gasteiger partial charge >= 0.3 is 10.2 Å². The number of benzene rings is 3. The molecule has 3 aromatic rings. The van der Waals surface area contributed by atoms with Crippen LogP contribution < -0.4 is 9.62 Å². The average Bonchev–Trinajstić information content (AvgIpc) is 2.90. The second-order valence-corrected chi connectivity index (χ2v) is 12.9.